The van der Waals surface area contributed by atoms with Gasteiger partial charge in [-0.05, 0) is 44.5 Å². The third-order valence-corrected chi connectivity index (χ3v) is 3.60. The lowest BCUT2D eigenvalue weighted by Crippen LogP contribution is -2.15. The first kappa shape index (κ1) is 14.0. The molecule has 19 heavy (non-hydrogen) atoms. The van der Waals surface area contributed by atoms with Crippen LogP contribution in [-0.2, 0) is 5.60 Å². The van der Waals surface area contributed by atoms with Gasteiger partial charge in [0, 0.05) is 10.9 Å². The van der Waals surface area contributed by atoms with Gasteiger partial charge in [-0.2, -0.15) is 0 Å². The molecule has 0 bridgehead atoms. The summed E-state index contributed by atoms with van der Waals surface area (Å²) in [5.41, 5.74) is 0.863. The highest BCUT2D eigenvalue weighted by molar-refractivity contribution is 7.13. The minimum Gasteiger partial charge on any atom is -0.494 e. The van der Waals surface area contributed by atoms with E-state index in [1.54, 1.807) is 25.2 Å². The van der Waals surface area contributed by atoms with Gasteiger partial charge in [0.2, 0.25) is 0 Å². The van der Waals surface area contributed by atoms with Crippen LogP contribution in [0.2, 0.25) is 0 Å². The first-order valence-corrected chi connectivity index (χ1v) is 7.30. The van der Waals surface area contributed by atoms with Crippen LogP contribution in [0.25, 0.3) is 10.6 Å². The maximum absolute atomic E-state index is 9.91. The van der Waals surface area contributed by atoms with Crippen molar-refractivity contribution in [3.05, 3.63) is 35.3 Å². The normalized spacial score (nSPS) is 11.6. The largest absolute Gasteiger partial charge is 0.494 e. The fourth-order valence-electron chi connectivity index (χ4n) is 1.60. The second kappa shape index (κ2) is 5.72. The summed E-state index contributed by atoms with van der Waals surface area (Å²) in [4.78, 5) is 4.47. The fraction of sp³-hybridized carbons (Fsp3) is 0.400. The monoisotopic (exact) mass is 277 g/mol. The van der Waals surface area contributed by atoms with Crippen LogP contribution in [0, 0.1) is 0 Å². The van der Waals surface area contributed by atoms with Crippen molar-refractivity contribution in [3.8, 4) is 16.3 Å². The quantitative estimate of drug-likeness (QED) is 0.903. The highest BCUT2D eigenvalue weighted by atomic mass is 32.1. The zero-order valence-electron chi connectivity index (χ0n) is 11.5. The first-order chi connectivity index (χ1) is 9.00. The lowest BCUT2D eigenvalue weighted by atomic mass is 10.1. The summed E-state index contributed by atoms with van der Waals surface area (Å²) in [6.07, 6.45) is 1.00. The van der Waals surface area contributed by atoms with Crippen molar-refractivity contribution < 1.29 is 9.84 Å². The van der Waals surface area contributed by atoms with Gasteiger partial charge in [0.15, 0.2) is 0 Å². The molecule has 1 N–H and O–H groups in total. The van der Waals surface area contributed by atoms with Crippen LogP contribution in [0.5, 0.6) is 5.75 Å². The zero-order valence-corrected chi connectivity index (χ0v) is 12.3. The second-order valence-corrected chi connectivity index (χ2v) is 5.83. The third kappa shape index (κ3) is 3.55. The van der Waals surface area contributed by atoms with Crippen molar-refractivity contribution in [1.29, 1.82) is 0 Å². The molecule has 0 aliphatic rings. The number of benzene rings is 1. The van der Waals surface area contributed by atoms with E-state index in [2.05, 4.69) is 11.9 Å². The summed E-state index contributed by atoms with van der Waals surface area (Å²) in [6.45, 7) is 6.31. The molecule has 1 heterocycles. The summed E-state index contributed by atoms with van der Waals surface area (Å²) in [7, 11) is 0. The molecule has 0 radical (unpaired) electrons. The van der Waals surface area contributed by atoms with Gasteiger partial charge in [-0.1, -0.05) is 6.92 Å². The van der Waals surface area contributed by atoms with Gasteiger partial charge in [0.05, 0.1) is 12.3 Å². The lowest BCUT2D eigenvalue weighted by molar-refractivity contribution is 0.0746. The predicted molar refractivity (Wildman–Crippen MR) is 78.6 cm³/mol. The molecule has 4 heteroatoms. The Kier molecular flexibility index (Phi) is 4.22. The van der Waals surface area contributed by atoms with Crippen molar-refractivity contribution in [2.45, 2.75) is 32.8 Å². The standard InChI is InChI=1S/C15H19NO2S/c1-4-9-18-12-7-5-11(6-8-12)14-16-13(10-19-14)15(2,3)17/h5-8,10,17H,4,9H2,1-3H3. The van der Waals surface area contributed by atoms with Gasteiger partial charge in [-0.3, -0.25) is 0 Å². The van der Waals surface area contributed by atoms with Crippen molar-refractivity contribution in [3.63, 3.8) is 0 Å². The summed E-state index contributed by atoms with van der Waals surface area (Å²) >= 11 is 1.54. The molecule has 3 nitrogen and oxygen atoms in total. The second-order valence-electron chi connectivity index (χ2n) is 4.97. The predicted octanol–water partition coefficient (Wildman–Crippen LogP) is 3.83. The van der Waals surface area contributed by atoms with E-state index >= 15 is 0 Å². The van der Waals surface area contributed by atoms with Gasteiger partial charge < -0.3 is 9.84 Å². The lowest BCUT2D eigenvalue weighted by Gasteiger charge is -2.13. The van der Waals surface area contributed by atoms with E-state index in [4.69, 9.17) is 4.74 Å². The van der Waals surface area contributed by atoms with Gasteiger partial charge in [-0.15, -0.1) is 11.3 Å². The third-order valence-electron chi connectivity index (χ3n) is 2.71. The fourth-order valence-corrected chi connectivity index (χ4v) is 2.59. The van der Waals surface area contributed by atoms with E-state index in [-0.39, 0.29) is 0 Å². The summed E-state index contributed by atoms with van der Waals surface area (Å²) in [5.74, 6) is 0.880. The average molecular weight is 277 g/mol. The molecule has 1 aromatic carbocycles. The number of rotatable bonds is 5. The molecule has 0 saturated carbocycles. The number of ether oxygens (including phenoxy) is 1. The van der Waals surface area contributed by atoms with E-state index in [0.29, 0.717) is 5.69 Å². The molecule has 2 rings (SSSR count). The highest BCUT2D eigenvalue weighted by Crippen LogP contribution is 2.29. The molecule has 0 saturated heterocycles. The molecule has 0 unspecified atom stereocenters. The maximum Gasteiger partial charge on any atom is 0.123 e. The molecule has 0 atom stereocenters. The van der Waals surface area contributed by atoms with E-state index in [1.165, 1.54) is 0 Å². The number of hydrogen-bond donors (Lipinski definition) is 1. The van der Waals surface area contributed by atoms with Crippen LogP contribution in [0.1, 0.15) is 32.9 Å². The van der Waals surface area contributed by atoms with Crippen molar-refractivity contribution >= 4 is 11.3 Å². The SMILES string of the molecule is CCCOc1ccc(-c2nc(C(C)(C)O)cs2)cc1. The number of thiazole rings is 1. The Hall–Kier alpha value is -1.39. The molecule has 0 amide bonds. The molecular weight excluding hydrogens is 258 g/mol. The Morgan fingerprint density at radius 3 is 2.47 bits per heavy atom. The Morgan fingerprint density at radius 2 is 1.95 bits per heavy atom. The molecule has 0 spiro atoms. The molecule has 0 aliphatic carbocycles. The molecule has 2 aromatic rings. The van der Waals surface area contributed by atoms with E-state index < -0.39 is 5.60 Å². The number of aliphatic hydroxyl groups is 1. The Morgan fingerprint density at radius 1 is 1.26 bits per heavy atom. The topological polar surface area (TPSA) is 42.4 Å². The van der Waals surface area contributed by atoms with E-state index in [9.17, 15) is 5.11 Å². The highest BCUT2D eigenvalue weighted by Gasteiger charge is 2.19. The Bertz CT molecular complexity index is 526. The van der Waals surface area contributed by atoms with Gasteiger partial charge in [-0.25, -0.2) is 4.98 Å². The Labute approximate surface area is 117 Å². The number of aromatic nitrogens is 1. The van der Waals surface area contributed by atoms with Gasteiger partial charge >= 0.3 is 0 Å². The number of hydrogen-bond acceptors (Lipinski definition) is 4. The van der Waals surface area contributed by atoms with Crippen LogP contribution in [0.15, 0.2) is 29.6 Å². The van der Waals surface area contributed by atoms with Crippen LogP contribution in [-0.4, -0.2) is 16.7 Å². The van der Waals surface area contributed by atoms with E-state index in [0.717, 1.165) is 29.3 Å². The molecular formula is C15H19NO2S. The number of nitrogens with zero attached hydrogens (tertiary/aromatic N) is 1. The van der Waals surface area contributed by atoms with Crippen molar-refractivity contribution in [2.24, 2.45) is 0 Å². The minimum absolute atomic E-state index is 0.707. The molecule has 0 fully saturated rings. The maximum atomic E-state index is 9.91. The zero-order chi connectivity index (χ0) is 13.9. The van der Waals surface area contributed by atoms with Crippen LogP contribution < -0.4 is 4.74 Å². The smallest absolute Gasteiger partial charge is 0.123 e. The van der Waals surface area contributed by atoms with Crippen LogP contribution in [0.3, 0.4) is 0 Å². The molecule has 0 aliphatic heterocycles. The summed E-state index contributed by atoms with van der Waals surface area (Å²) < 4.78 is 5.55. The Balaban J connectivity index is 2.16. The summed E-state index contributed by atoms with van der Waals surface area (Å²) in [6, 6.07) is 7.91. The minimum atomic E-state index is -0.890. The summed E-state index contributed by atoms with van der Waals surface area (Å²) in [5, 5.41) is 12.7. The first-order valence-electron chi connectivity index (χ1n) is 6.42. The van der Waals surface area contributed by atoms with Crippen LogP contribution >= 0.6 is 11.3 Å². The molecule has 102 valence electrons. The van der Waals surface area contributed by atoms with E-state index in [1.807, 2.05) is 29.6 Å². The van der Waals surface area contributed by atoms with Gasteiger partial charge in [0.25, 0.3) is 0 Å². The average Bonchev–Trinajstić information content (AvgIpc) is 2.86. The van der Waals surface area contributed by atoms with Crippen molar-refractivity contribution in [2.75, 3.05) is 6.61 Å². The van der Waals surface area contributed by atoms with Crippen molar-refractivity contribution in [1.82, 2.24) is 4.98 Å². The van der Waals surface area contributed by atoms with Gasteiger partial charge in [0.1, 0.15) is 16.4 Å². The molecule has 1 aromatic heterocycles. The van der Waals surface area contributed by atoms with Crippen LogP contribution in [0.4, 0.5) is 0 Å².